The third-order valence-corrected chi connectivity index (χ3v) is 12.1. The molecule has 0 rings (SSSR count). The zero-order valence-electron chi connectivity index (χ0n) is 16.1. The predicted molar refractivity (Wildman–Crippen MR) is 109 cm³/mol. The summed E-state index contributed by atoms with van der Waals surface area (Å²) in [5.74, 6) is 0. The number of hydrogen-bond donors (Lipinski definition) is 0. The van der Waals surface area contributed by atoms with E-state index in [1.165, 1.54) is 0 Å². The summed E-state index contributed by atoms with van der Waals surface area (Å²) >= 11 is 7.36. The van der Waals surface area contributed by atoms with Gasteiger partial charge in [-0.2, -0.15) is 0 Å². The quantitative estimate of drug-likeness (QED) is 0.349. The zero-order chi connectivity index (χ0) is 18.5. The fourth-order valence-electron chi connectivity index (χ4n) is 2.36. The first-order chi connectivity index (χ1) is 11.4. The van der Waals surface area contributed by atoms with Crippen molar-refractivity contribution in [3.05, 3.63) is 0 Å². The van der Waals surface area contributed by atoms with Crippen LogP contribution in [0.15, 0.2) is 0 Å². The van der Waals surface area contributed by atoms with Crippen molar-refractivity contribution in [3.63, 3.8) is 0 Å². The van der Waals surface area contributed by atoms with Crippen LogP contribution in [0.4, 0.5) is 0 Å². The third kappa shape index (κ3) is 10.2. The van der Waals surface area contributed by atoms with Gasteiger partial charge in [-0.25, -0.2) is 0 Å². The van der Waals surface area contributed by atoms with Crippen molar-refractivity contribution in [2.45, 2.75) is 58.2 Å². The highest BCUT2D eigenvalue weighted by Crippen LogP contribution is 2.28. The lowest BCUT2D eigenvalue weighted by Gasteiger charge is -2.30. The molecule has 0 fully saturated rings. The molecule has 0 aromatic rings. The summed E-state index contributed by atoms with van der Waals surface area (Å²) in [7, 11) is -4.71. The molecule has 0 aliphatic carbocycles. The maximum absolute atomic E-state index is 5.88. The van der Waals surface area contributed by atoms with E-state index in [4.69, 9.17) is 34.8 Å². The van der Waals surface area contributed by atoms with Crippen molar-refractivity contribution in [2.24, 2.45) is 0 Å². The van der Waals surface area contributed by atoms with Crippen molar-refractivity contribution < 1.29 is 22.1 Å². The molecule has 0 amide bonds. The molecule has 9 heteroatoms. The van der Waals surface area contributed by atoms with E-state index < -0.39 is 17.4 Å². The lowest BCUT2D eigenvalue weighted by molar-refractivity contribution is 0.0711. The maximum Gasteiger partial charge on any atom is 0.500 e. The molecule has 0 saturated heterocycles. The number of thioether (sulfide) groups is 1. The molecule has 0 bridgehead atoms. The Bertz CT molecular complexity index is 291. The van der Waals surface area contributed by atoms with E-state index in [0.29, 0.717) is 33.0 Å². The molecule has 0 aromatic carbocycles. The smallest absolute Gasteiger partial charge is 0.394 e. The Morgan fingerprint density at radius 1 is 0.792 bits per heavy atom. The van der Waals surface area contributed by atoms with Gasteiger partial charge in [-0.15, -0.1) is 11.8 Å². The Balaban J connectivity index is 4.53. The van der Waals surface area contributed by atoms with E-state index in [2.05, 4.69) is 6.55 Å². The predicted octanol–water partition coefficient (Wildman–Crippen LogP) is 4.37. The molecule has 24 heavy (non-hydrogen) atoms. The van der Waals surface area contributed by atoms with E-state index in [1.54, 1.807) is 11.8 Å². The van der Waals surface area contributed by atoms with E-state index in [-0.39, 0.29) is 4.58 Å². The first-order valence-corrected chi connectivity index (χ1v) is 14.9. The molecule has 1 unspecified atom stereocenters. The highest BCUT2D eigenvalue weighted by Gasteiger charge is 2.41. The van der Waals surface area contributed by atoms with Crippen molar-refractivity contribution in [2.75, 3.05) is 38.4 Å². The van der Waals surface area contributed by atoms with Crippen LogP contribution in [0.1, 0.15) is 41.0 Å². The summed E-state index contributed by atoms with van der Waals surface area (Å²) in [4.78, 5) is 0. The lowest BCUT2D eigenvalue weighted by atomic mass is 10.6. The monoisotopic (exact) mass is 415 g/mol. The molecule has 0 heterocycles. The van der Waals surface area contributed by atoms with Crippen LogP contribution < -0.4 is 0 Å². The van der Waals surface area contributed by atoms with Crippen LogP contribution in [0.25, 0.3) is 0 Å². The van der Waals surface area contributed by atoms with Crippen LogP contribution in [-0.2, 0) is 22.1 Å². The van der Waals surface area contributed by atoms with Crippen molar-refractivity contribution in [1.29, 1.82) is 0 Å². The van der Waals surface area contributed by atoms with Gasteiger partial charge in [0.2, 0.25) is 0 Å². The highest BCUT2D eigenvalue weighted by atomic mass is 32.2. The lowest BCUT2D eigenvalue weighted by Crippen LogP contribution is -2.46. The van der Waals surface area contributed by atoms with Gasteiger partial charge in [-0.3, -0.25) is 0 Å². The van der Waals surface area contributed by atoms with Gasteiger partial charge in [-0.1, -0.05) is 12.6 Å². The summed E-state index contributed by atoms with van der Waals surface area (Å²) < 4.78 is 29.5. The molecular formula is C15H35O5S2Si2. The molecule has 1 atom stereocenters. The van der Waals surface area contributed by atoms with Gasteiger partial charge < -0.3 is 22.1 Å². The summed E-state index contributed by atoms with van der Waals surface area (Å²) in [6, 6.07) is 0.755. The minimum Gasteiger partial charge on any atom is -0.394 e. The van der Waals surface area contributed by atoms with Crippen LogP contribution in [0.5, 0.6) is 0 Å². The fourth-order valence-corrected chi connectivity index (χ4v) is 10.4. The number of hydrogen-bond acceptors (Lipinski definition) is 6. The Morgan fingerprint density at radius 2 is 1.21 bits per heavy atom. The fraction of sp³-hybridized carbons (Fsp3) is 1.00. The molecule has 5 nitrogen and oxygen atoms in total. The van der Waals surface area contributed by atoms with Gasteiger partial charge in [0.25, 0.3) is 0 Å². The van der Waals surface area contributed by atoms with Crippen LogP contribution >= 0.6 is 24.4 Å². The second kappa shape index (κ2) is 14.0. The second-order valence-electron chi connectivity index (χ2n) is 5.26. The highest BCUT2D eigenvalue weighted by molar-refractivity contribution is 8.11. The molecule has 0 N–H and O–H groups in total. The zero-order valence-corrected chi connectivity index (χ0v) is 19.7. The van der Waals surface area contributed by atoms with Gasteiger partial charge in [0, 0.05) is 44.5 Å². The molecule has 145 valence electrons. The average Bonchev–Trinajstić information content (AvgIpc) is 2.52. The van der Waals surface area contributed by atoms with Crippen LogP contribution in [0.3, 0.4) is 0 Å². The third-order valence-electron chi connectivity index (χ3n) is 3.21. The molecule has 0 aromatic heterocycles. The molecule has 0 aliphatic heterocycles. The molecule has 0 spiro atoms. The van der Waals surface area contributed by atoms with Gasteiger partial charge in [0.1, 0.15) is 0 Å². The Morgan fingerprint density at radius 3 is 1.58 bits per heavy atom. The van der Waals surface area contributed by atoms with Crippen LogP contribution in [0, 0.1) is 0 Å². The topological polar surface area (TPSA) is 46.2 Å². The average molecular weight is 416 g/mol. The molecule has 0 aliphatic rings. The summed E-state index contributed by atoms with van der Waals surface area (Å²) in [5, 5.41) is 0.843. The van der Waals surface area contributed by atoms with E-state index >= 15 is 0 Å². The standard InChI is InChI=1S/C15H35O5S2Si2/c1-7-16-23(6,17-8-2)14-22-15(21)12-13-24(18-9-3,19-10-4)20-11-5/h15H,7-14H2,1-6H3. The van der Waals surface area contributed by atoms with Gasteiger partial charge in [0.15, 0.2) is 0 Å². The van der Waals surface area contributed by atoms with E-state index in [9.17, 15) is 0 Å². The molecular weight excluding hydrogens is 380 g/mol. The van der Waals surface area contributed by atoms with Crippen molar-refractivity contribution >= 4 is 41.8 Å². The Labute approximate surface area is 160 Å². The van der Waals surface area contributed by atoms with Gasteiger partial charge >= 0.3 is 17.4 Å². The first kappa shape index (κ1) is 24.9. The first-order valence-electron chi connectivity index (χ1n) is 8.87. The van der Waals surface area contributed by atoms with Crippen LogP contribution in [0.2, 0.25) is 12.6 Å². The second-order valence-corrected chi connectivity index (χ2v) is 13.8. The van der Waals surface area contributed by atoms with Crippen molar-refractivity contribution in [1.82, 2.24) is 0 Å². The molecule has 1 radical (unpaired) electrons. The largest absolute Gasteiger partial charge is 0.500 e. The normalized spacial score (nSPS) is 14.1. The van der Waals surface area contributed by atoms with E-state index in [0.717, 1.165) is 17.8 Å². The minimum absolute atomic E-state index is 0.0750. The van der Waals surface area contributed by atoms with Gasteiger partial charge in [-0.05, 0) is 47.6 Å². The SMILES string of the molecule is CCO[Si](C)(CSC([S])CC[Si](OCC)(OCC)OCC)OCC. The molecule has 0 saturated carbocycles. The van der Waals surface area contributed by atoms with Crippen LogP contribution in [-0.4, -0.2) is 60.4 Å². The maximum atomic E-state index is 5.88. The minimum atomic E-state index is -2.59. The number of rotatable bonds is 16. The summed E-state index contributed by atoms with van der Waals surface area (Å²) in [6.07, 6.45) is 0.828. The summed E-state index contributed by atoms with van der Waals surface area (Å²) in [6.45, 7) is 15.2. The summed E-state index contributed by atoms with van der Waals surface area (Å²) in [5.41, 5.74) is 0. The van der Waals surface area contributed by atoms with Crippen molar-refractivity contribution in [3.8, 4) is 0 Å². The van der Waals surface area contributed by atoms with E-state index in [1.807, 2.05) is 34.6 Å². The Hall–Kier alpha value is 0.934. The van der Waals surface area contributed by atoms with Gasteiger partial charge in [0.05, 0.1) is 4.58 Å². The Kier molecular flexibility index (Phi) is 14.6.